The van der Waals surface area contributed by atoms with Crippen LogP contribution in [0.3, 0.4) is 0 Å². The molecule has 2 rings (SSSR count). The second-order valence-electron chi connectivity index (χ2n) is 8.05. The first-order chi connectivity index (χ1) is 12.5. The third-order valence-corrected chi connectivity index (χ3v) is 5.95. The summed E-state index contributed by atoms with van der Waals surface area (Å²) in [6.07, 6.45) is 11.5. The van der Waals surface area contributed by atoms with E-state index in [9.17, 15) is 14.9 Å². The molecule has 3 N–H and O–H groups in total. The van der Waals surface area contributed by atoms with Crippen LogP contribution in [0.1, 0.15) is 77.0 Å². The van der Waals surface area contributed by atoms with Crippen LogP contribution in [0.15, 0.2) is 0 Å². The molecule has 0 spiro atoms. The van der Waals surface area contributed by atoms with E-state index in [1.165, 1.54) is 32.1 Å². The number of nitrogens with zero attached hydrogens (tertiary/aromatic N) is 2. The molecule has 0 bridgehead atoms. The topological polar surface area (TPSA) is 99.2 Å². The van der Waals surface area contributed by atoms with E-state index in [0.717, 1.165) is 38.9 Å². The molecule has 1 saturated heterocycles. The molecule has 2 aliphatic rings. The van der Waals surface area contributed by atoms with E-state index in [2.05, 4.69) is 16.3 Å². The highest BCUT2D eigenvalue weighted by molar-refractivity contribution is 5.77. The Morgan fingerprint density at radius 2 is 1.81 bits per heavy atom. The summed E-state index contributed by atoms with van der Waals surface area (Å²) < 4.78 is 0. The van der Waals surface area contributed by atoms with Crippen molar-refractivity contribution in [2.45, 2.75) is 82.6 Å². The summed E-state index contributed by atoms with van der Waals surface area (Å²) in [6, 6.07) is 2.37. The SMILES string of the molecule is N#CC1(NC(=O)CCC2CCCCC2)CCN(CCCCC(N)=O)CC1. The van der Waals surface area contributed by atoms with Crippen LogP contribution < -0.4 is 11.1 Å². The molecule has 6 nitrogen and oxygen atoms in total. The molecular formula is C20H34N4O2. The first-order valence-electron chi connectivity index (χ1n) is 10.3. The molecule has 1 aliphatic carbocycles. The van der Waals surface area contributed by atoms with Crippen molar-refractivity contribution < 1.29 is 9.59 Å². The largest absolute Gasteiger partial charge is 0.370 e. The Bertz CT molecular complexity index is 500. The smallest absolute Gasteiger partial charge is 0.221 e. The Kier molecular flexibility index (Phi) is 8.37. The number of piperidine rings is 1. The molecular weight excluding hydrogens is 328 g/mol. The number of hydrogen-bond acceptors (Lipinski definition) is 4. The average molecular weight is 363 g/mol. The Labute approximate surface area is 157 Å². The number of amides is 2. The quantitative estimate of drug-likeness (QED) is 0.615. The van der Waals surface area contributed by atoms with Crippen LogP contribution in [-0.4, -0.2) is 41.9 Å². The third-order valence-electron chi connectivity index (χ3n) is 5.95. The molecule has 1 aliphatic heterocycles. The number of carbonyl (C=O) groups excluding carboxylic acids is 2. The van der Waals surface area contributed by atoms with Crippen LogP contribution in [0, 0.1) is 17.2 Å². The van der Waals surface area contributed by atoms with E-state index < -0.39 is 5.54 Å². The minimum atomic E-state index is -0.701. The van der Waals surface area contributed by atoms with Gasteiger partial charge in [-0.1, -0.05) is 32.1 Å². The van der Waals surface area contributed by atoms with Crippen molar-refractivity contribution in [1.82, 2.24) is 10.2 Å². The fourth-order valence-corrected chi connectivity index (χ4v) is 4.20. The molecule has 1 saturated carbocycles. The summed E-state index contributed by atoms with van der Waals surface area (Å²) in [5.41, 5.74) is 4.45. The number of unbranched alkanes of at least 4 members (excludes halogenated alkanes) is 1. The summed E-state index contributed by atoms with van der Waals surface area (Å²) in [6.45, 7) is 2.55. The minimum Gasteiger partial charge on any atom is -0.370 e. The van der Waals surface area contributed by atoms with Gasteiger partial charge in [0.2, 0.25) is 11.8 Å². The maximum atomic E-state index is 12.4. The highest BCUT2D eigenvalue weighted by Gasteiger charge is 2.36. The van der Waals surface area contributed by atoms with Crippen LogP contribution in [0.5, 0.6) is 0 Å². The molecule has 6 heteroatoms. The molecule has 0 aromatic carbocycles. The van der Waals surface area contributed by atoms with Gasteiger partial charge in [-0.05, 0) is 44.6 Å². The van der Waals surface area contributed by atoms with Crippen molar-refractivity contribution in [3.8, 4) is 6.07 Å². The fraction of sp³-hybridized carbons (Fsp3) is 0.850. The molecule has 26 heavy (non-hydrogen) atoms. The number of carbonyl (C=O) groups is 2. The number of nitriles is 1. The number of likely N-dealkylation sites (tertiary alicyclic amines) is 1. The fourth-order valence-electron chi connectivity index (χ4n) is 4.20. The Morgan fingerprint density at radius 1 is 1.12 bits per heavy atom. The van der Waals surface area contributed by atoms with Gasteiger partial charge in [-0.3, -0.25) is 9.59 Å². The predicted molar refractivity (Wildman–Crippen MR) is 101 cm³/mol. The molecule has 0 aromatic heterocycles. The lowest BCUT2D eigenvalue weighted by Crippen LogP contribution is -2.54. The number of nitrogens with one attached hydrogen (secondary N) is 1. The molecule has 146 valence electrons. The molecule has 0 unspecified atom stereocenters. The van der Waals surface area contributed by atoms with Crippen LogP contribution in [0.4, 0.5) is 0 Å². The summed E-state index contributed by atoms with van der Waals surface area (Å²) in [5, 5.41) is 12.7. The van der Waals surface area contributed by atoms with Gasteiger partial charge in [0.05, 0.1) is 6.07 Å². The summed E-state index contributed by atoms with van der Waals surface area (Å²) >= 11 is 0. The zero-order chi connectivity index (χ0) is 18.8. The molecule has 2 fully saturated rings. The van der Waals surface area contributed by atoms with Crippen LogP contribution >= 0.6 is 0 Å². The number of hydrogen-bond donors (Lipinski definition) is 2. The molecule has 0 atom stereocenters. The highest BCUT2D eigenvalue weighted by Crippen LogP contribution is 2.28. The van der Waals surface area contributed by atoms with Crippen molar-refractivity contribution >= 4 is 11.8 Å². The Morgan fingerprint density at radius 3 is 2.42 bits per heavy atom. The van der Waals surface area contributed by atoms with Gasteiger partial charge < -0.3 is 16.0 Å². The van der Waals surface area contributed by atoms with E-state index in [1.54, 1.807) is 0 Å². The van der Waals surface area contributed by atoms with Gasteiger partial charge in [-0.15, -0.1) is 0 Å². The highest BCUT2D eigenvalue weighted by atomic mass is 16.2. The van der Waals surface area contributed by atoms with E-state index in [0.29, 0.717) is 31.6 Å². The van der Waals surface area contributed by atoms with Crippen molar-refractivity contribution in [1.29, 1.82) is 5.26 Å². The summed E-state index contributed by atoms with van der Waals surface area (Å²) in [5.74, 6) is 0.477. The van der Waals surface area contributed by atoms with Crippen molar-refractivity contribution in [2.75, 3.05) is 19.6 Å². The van der Waals surface area contributed by atoms with Gasteiger partial charge in [-0.2, -0.15) is 5.26 Å². The summed E-state index contributed by atoms with van der Waals surface area (Å²) in [4.78, 5) is 25.4. The van der Waals surface area contributed by atoms with E-state index in [-0.39, 0.29) is 11.8 Å². The molecule has 2 amide bonds. The lowest BCUT2D eigenvalue weighted by atomic mass is 9.85. The zero-order valence-corrected chi connectivity index (χ0v) is 16.0. The number of primary amides is 1. The van der Waals surface area contributed by atoms with Crippen molar-refractivity contribution in [3.05, 3.63) is 0 Å². The summed E-state index contributed by atoms with van der Waals surface area (Å²) in [7, 11) is 0. The molecule has 0 aromatic rings. The number of rotatable bonds is 9. The lowest BCUT2D eigenvalue weighted by Gasteiger charge is -2.38. The van der Waals surface area contributed by atoms with Crippen molar-refractivity contribution in [3.63, 3.8) is 0 Å². The second-order valence-corrected chi connectivity index (χ2v) is 8.05. The maximum absolute atomic E-state index is 12.4. The van der Waals surface area contributed by atoms with E-state index in [4.69, 9.17) is 5.73 Å². The molecule has 1 heterocycles. The van der Waals surface area contributed by atoms with Crippen LogP contribution in [0.25, 0.3) is 0 Å². The Balaban J connectivity index is 1.68. The van der Waals surface area contributed by atoms with Gasteiger partial charge in [0.15, 0.2) is 0 Å². The van der Waals surface area contributed by atoms with Gasteiger partial charge in [0.25, 0.3) is 0 Å². The van der Waals surface area contributed by atoms with E-state index in [1.807, 2.05) is 0 Å². The monoisotopic (exact) mass is 362 g/mol. The van der Waals surface area contributed by atoms with E-state index >= 15 is 0 Å². The second kappa shape index (κ2) is 10.5. The normalized spacial score (nSPS) is 21.0. The van der Waals surface area contributed by atoms with Gasteiger partial charge in [0, 0.05) is 25.9 Å². The van der Waals surface area contributed by atoms with Crippen LogP contribution in [-0.2, 0) is 9.59 Å². The average Bonchev–Trinajstić information content (AvgIpc) is 2.65. The minimum absolute atomic E-state index is 0.0343. The molecule has 0 radical (unpaired) electrons. The zero-order valence-electron chi connectivity index (χ0n) is 16.0. The van der Waals surface area contributed by atoms with Crippen LogP contribution in [0.2, 0.25) is 0 Å². The van der Waals surface area contributed by atoms with Gasteiger partial charge in [0.1, 0.15) is 5.54 Å². The standard InChI is InChI=1S/C20H34N4O2/c21-16-20(23-19(26)10-9-17-6-2-1-3-7-17)11-14-24(15-12-20)13-5-4-8-18(22)25/h17H,1-15H2,(H2,22,25)(H,23,26). The predicted octanol–water partition coefficient (Wildman–Crippen LogP) is 2.48. The first kappa shape index (κ1) is 20.7. The first-order valence-corrected chi connectivity index (χ1v) is 10.3. The van der Waals surface area contributed by atoms with Gasteiger partial charge >= 0.3 is 0 Å². The van der Waals surface area contributed by atoms with Gasteiger partial charge in [-0.25, -0.2) is 0 Å². The third kappa shape index (κ3) is 6.95. The lowest BCUT2D eigenvalue weighted by molar-refractivity contribution is -0.123. The maximum Gasteiger partial charge on any atom is 0.221 e. The Hall–Kier alpha value is -1.61. The number of nitrogens with two attached hydrogens (primary N) is 1. The van der Waals surface area contributed by atoms with Crippen molar-refractivity contribution in [2.24, 2.45) is 11.7 Å².